The number of rotatable bonds is 5. The van der Waals surface area contributed by atoms with Crippen molar-refractivity contribution in [2.24, 2.45) is 0 Å². The number of carbonyl (C=O) groups is 1. The molecule has 1 aromatic heterocycles. The predicted molar refractivity (Wildman–Crippen MR) is 101 cm³/mol. The molecule has 3 aromatic rings. The zero-order valence-electron chi connectivity index (χ0n) is 13.6. The molecule has 0 atom stereocenters. The number of H-pyrrole nitrogens is 1. The first-order valence-electron chi connectivity index (χ1n) is 7.87. The van der Waals surface area contributed by atoms with Crippen LogP contribution in [0.2, 0.25) is 0 Å². The van der Waals surface area contributed by atoms with Gasteiger partial charge in [0.25, 0.3) is 0 Å². The summed E-state index contributed by atoms with van der Waals surface area (Å²) in [7, 11) is 0. The molecule has 0 bridgehead atoms. The van der Waals surface area contributed by atoms with Gasteiger partial charge >= 0.3 is 0 Å². The van der Waals surface area contributed by atoms with E-state index < -0.39 is 0 Å². The largest absolute Gasteiger partial charge is 0.360 e. The molecule has 0 saturated heterocycles. The number of hydrogen-bond acceptors (Lipinski definition) is 1. The minimum absolute atomic E-state index is 0.0334. The molecule has 0 unspecified atom stereocenters. The van der Waals surface area contributed by atoms with Crippen LogP contribution in [0, 0.1) is 0 Å². The number of aromatic amines is 1. The molecule has 118 valence electrons. The fourth-order valence-electron chi connectivity index (χ4n) is 2.68. The number of Topliss-reactive ketones (excluding diaryl/α,β-unsaturated/α-hetero) is 1. The third-order valence-electron chi connectivity index (χ3n) is 3.97. The molecular formula is C22H19NO. The second kappa shape index (κ2) is 6.97. The third-order valence-corrected chi connectivity index (χ3v) is 3.97. The SMILES string of the molecule is C=C(c1ccccc1)c1[nH]cc(C(C)=O)c1/C=C/c1ccccc1. The highest BCUT2D eigenvalue weighted by Gasteiger charge is 2.15. The lowest BCUT2D eigenvalue weighted by molar-refractivity contribution is 0.101. The summed E-state index contributed by atoms with van der Waals surface area (Å²) < 4.78 is 0. The van der Waals surface area contributed by atoms with Crippen molar-refractivity contribution in [2.45, 2.75) is 6.92 Å². The quantitative estimate of drug-likeness (QED) is 0.624. The highest BCUT2D eigenvalue weighted by Crippen LogP contribution is 2.28. The highest BCUT2D eigenvalue weighted by atomic mass is 16.1. The average Bonchev–Trinajstić information content (AvgIpc) is 3.05. The monoisotopic (exact) mass is 313 g/mol. The van der Waals surface area contributed by atoms with Gasteiger partial charge in [0, 0.05) is 17.3 Å². The summed E-state index contributed by atoms with van der Waals surface area (Å²) in [6.07, 6.45) is 5.75. The fourth-order valence-corrected chi connectivity index (χ4v) is 2.68. The fraction of sp³-hybridized carbons (Fsp3) is 0.0455. The molecule has 3 rings (SSSR count). The first-order valence-corrected chi connectivity index (χ1v) is 7.87. The lowest BCUT2D eigenvalue weighted by Crippen LogP contribution is -1.94. The van der Waals surface area contributed by atoms with E-state index in [1.54, 1.807) is 13.1 Å². The van der Waals surface area contributed by atoms with E-state index in [0.29, 0.717) is 5.56 Å². The van der Waals surface area contributed by atoms with Crippen molar-refractivity contribution >= 4 is 23.5 Å². The van der Waals surface area contributed by atoms with Gasteiger partial charge < -0.3 is 4.98 Å². The Kier molecular flexibility index (Phi) is 4.57. The Balaban J connectivity index is 2.03. The minimum Gasteiger partial charge on any atom is -0.360 e. The lowest BCUT2D eigenvalue weighted by Gasteiger charge is -2.06. The van der Waals surface area contributed by atoms with Gasteiger partial charge in [0.2, 0.25) is 0 Å². The van der Waals surface area contributed by atoms with E-state index >= 15 is 0 Å². The van der Waals surface area contributed by atoms with E-state index in [1.165, 1.54) is 0 Å². The third kappa shape index (κ3) is 3.28. The molecule has 2 nitrogen and oxygen atoms in total. The molecule has 1 N–H and O–H groups in total. The van der Waals surface area contributed by atoms with E-state index in [1.807, 2.05) is 72.8 Å². The lowest BCUT2D eigenvalue weighted by atomic mass is 9.98. The molecule has 1 heterocycles. The standard InChI is InChI=1S/C22H19NO/c1-16(19-11-7-4-8-12-19)22-20(21(15-23-22)17(2)24)14-13-18-9-5-3-6-10-18/h3-15,23H,1H2,2H3/b14-13+. The number of hydrogen-bond donors (Lipinski definition) is 1. The van der Waals surface area contributed by atoms with E-state index in [4.69, 9.17) is 0 Å². The van der Waals surface area contributed by atoms with Crippen LogP contribution in [0.5, 0.6) is 0 Å². The maximum atomic E-state index is 12.0. The van der Waals surface area contributed by atoms with Gasteiger partial charge in [-0.05, 0) is 23.6 Å². The second-order valence-corrected chi connectivity index (χ2v) is 5.64. The van der Waals surface area contributed by atoms with E-state index in [9.17, 15) is 4.79 Å². The summed E-state index contributed by atoms with van der Waals surface area (Å²) in [4.78, 5) is 15.2. The molecule has 0 radical (unpaired) electrons. The molecule has 2 aromatic carbocycles. The zero-order chi connectivity index (χ0) is 16.9. The number of ketones is 1. The molecule has 24 heavy (non-hydrogen) atoms. The van der Waals surface area contributed by atoms with Gasteiger partial charge in [-0.25, -0.2) is 0 Å². The highest BCUT2D eigenvalue weighted by molar-refractivity contribution is 6.01. The smallest absolute Gasteiger partial charge is 0.161 e. The van der Waals surface area contributed by atoms with Gasteiger partial charge in [-0.1, -0.05) is 79.4 Å². The van der Waals surface area contributed by atoms with Crippen LogP contribution in [0.3, 0.4) is 0 Å². The van der Waals surface area contributed by atoms with Crippen molar-refractivity contribution in [1.82, 2.24) is 4.98 Å². The van der Waals surface area contributed by atoms with Crippen LogP contribution in [-0.2, 0) is 0 Å². The average molecular weight is 313 g/mol. The molecule has 0 spiro atoms. The van der Waals surface area contributed by atoms with Crippen molar-refractivity contribution < 1.29 is 4.79 Å². The van der Waals surface area contributed by atoms with Gasteiger partial charge in [0.1, 0.15) is 0 Å². The Morgan fingerprint density at radius 2 is 1.58 bits per heavy atom. The van der Waals surface area contributed by atoms with Crippen LogP contribution >= 0.6 is 0 Å². The summed E-state index contributed by atoms with van der Waals surface area (Å²) in [6, 6.07) is 20.0. The van der Waals surface area contributed by atoms with Gasteiger partial charge in [0.15, 0.2) is 5.78 Å². The van der Waals surface area contributed by atoms with Crippen LogP contribution in [-0.4, -0.2) is 10.8 Å². The van der Waals surface area contributed by atoms with Crippen LogP contribution < -0.4 is 0 Å². The van der Waals surface area contributed by atoms with Crippen LogP contribution in [0.25, 0.3) is 17.7 Å². The molecule has 2 heteroatoms. The number of benzene rings is 2. The second-order valence-electron chi connectivity index (χ2n) is 5.64. The molecule has 0 fully saturated rings. The first kappa shape index (κ1) is 15.8. The van der Waals surface area contributed by atoms with Gasteiger partial charge in [-0.15, -0.1) is 0 Å². The number of nitrogens with one attached hydrogen (secondary N) is 1. The molecule has 0 aliphatic rings. The Labute approximate surface area is 142 Å². The normalized spacial score (nSPS) is 10.9. The topological polar surface area (TPSA) is 32.9 Å². The van der Waals surface area contributed by atoms with E-state index in [0.717, 1.165) is 28.0 Å². The Morgan fingerprint density at radius 1 is 0.958 bits per heavy atom. The molecular weight excluding hydrogens is 294 g/mol. The summed E-state index contributed by atoms with van der Waals surface area (Å²) in [5, 5.41) is 0. The van der Waals surface area contributed by atoms with Crippen molar-refractivity contribution in [2.75, 3.05) is 0 Å². The predicted octanol–water partition coefficient (Wildman–Crippen LogP) is 5.45. The maximum Gasteiger partial charge on any atom is 0.161 e. The Morgan fingerprint density at radius 3 is 2.21 bits per heavy atom. The molecule has 0 amide bonds. The van der Waals surface area contributed by atoms with Crippen LogP contribution in [0.15, 0.2) is 73.4 Å². The summed E-state index contributed by atoms with van der Waals surface area (Å²) in [5.74, 6) is 0.0334. The zero-order valence-corrected chi connectivity index (χ0v) is 13.6. The Bertz CT molecular complexity index is 886. The van der Waals surface area contributed by atoms with Crippen molar-refractivity contribution in [3.8, 4) is 0 Å². The Hall–Kier alpha value is -3.13. The molecule has 0 saturated carbocycles. The summed E-state index contributed by atoms with van der Waals surface area (Å²) in [6.45, 7) is 5.79. The molecule has 0 aliphatic carbocycles. The van der Waals surface area contributed by atoms with E-state index in [-0.39, 0.29) is 5.78 Å². The maximum absolute atomic E-state index is 12.0. The van der Waals surface area contributed by atoms with Crippen molar-refractivity contribution in [3.05, 3.63) is 101 Å². The first-order chi connectivity index (χ1) is 11.7. The van der Waals surface area contributed by atoms with Gasteiger partial charge in [-0.2, -0.15) is 0 Å². The summed E-state index contributed by atoms with van der Waals surface area (Å²) in [5.41, 5.74) is 5.41. The number of aromatic nitrogens is 1. The molecule has 0 aliphatic heterocycles. The van der Waals surface area contributed by atoms with Crippen LogP contribution in [0.4, 0.5) is 0 Å². The number of carbonyl (C=O) groups excluding carboxylic acids is 1. The summed E-state index contributed by atoms with van der Waals surface area (Å²) >= 11 is 0. The van der Waals surface area contributed by atoms with Gasteiger partial charge in [-0.3, -0.25) is 4.79 Å². The van der Waals surface area contributed by atoms with Gasteiger partial charge in [0.05, 0.1) is 5.69 Å². The van der Waals surface area contributed by atoms with E-state index in [2.05, 4.69) is 11.6 Å². The van der Waals surface area contributed by atoms with Crippen molar-refractivity contribution in [1.29, 1.82) is 0 Å². The minimum atomic E-state index is 0.0334. The van der Waals surface area contributed by atoms with Crippen LogP contribution in [0.1, 0.15) is 39.7 Å². The van der Waals surface area contributed by atoms with Crippen molar-refractivity contribution in [3.63, 3.8) is 0 Å².